The number of hydrogen-bond acceptors (Lipinski definition) is 7. The quantitative estimate of drug-likeness (QED) is 0.397. The van der Waals surface area contributed by atoms with Crippen molar-refractivity contribution in [1.82, 2.24) is 4.98 Å². The lowest BCUT2D eigenvalue weighted by atomic mass is 9.92. The van der Waals surface area contributed by atoms with Gasteiger partial charge >= 0.3 is 11.9 Å². The fourth-order valence-electron chi connectivity index (χ4n) is 3.53. The van der Waals surface area contributed by atoms with Crippen molar-refractivity contribution in [3.63, 3.8) is 0 Å². The highest BCUT2D eigenvalue weighted by molar-refractivity contribution is 9.10. The summed E-state index contributed by atoms with van der Waals surface area (Å²) in [5.74, 6) is -0.237. The fourth-order valence-corrected chi connectivity index (χ4v) is 3.79. The lowest BCUT2D eigenvalue weighted by molar-refractivity contribution is 0.0599. The van der Waals surface area contributed by atoms with Crippen LogP contribution in [0.3, 0.4) is 0 Å². The van der Waals surface area contributed by atoms with Crippen LogP contribution in [-0.2, 0) is 16.1 Å². The average Bonchev–Trinajstić information content (AvgIpc) is 2.82. The zero-order chi connectivity index (χ0) is 24.1. The van der Waals surface area contributed by atoms with Gasteiger partial charge in [0.05, 0.1) is 43.8 Å². The summed E-state index contributed by atoms with van der Waals surface area (Å²) in [7, 11) is 4.09. The van der Waals surface area contributed by atoms with Gasteiger partial charge in [0.1, 0.15) is 6.61 Å². The van der Waals surface area contributed by atoms with Gasteiger partial charge in [-0.25, -0.2) is 9.59 Å². The standard InChI is InChI=1S/C25H24BrNO6/c1-14-21(24(28)31-4)23(22(15(2)27-14)25(29)32-5)17-8-11-19(20(12-17)30-3)33-13-16-6-9-18(26)10-7-16/h6-12H,13H2,1-5H3. The third-order valence-corrected chi connectivity index (χ3v) is 5.63. The minimum absolute atomic E-state index is 0.189. The number of halogens is 1. The van der Waals surface area contributed by atoms with Gasteiger partial charge in [-0.1, -0.05) is 34.1 Å². The van der Waals surface area contributed by atoms with Crippen molar-refractivity contribution >= 4 is 27.9 Å². The van der Waals surface area contributed by atoms with Crippen LogP contribution in [0, 0.1) is 13.8 Å². The van der Waals surface area contributed by atoms with E-state index in [2.05, 4.69) is 20.9 Å². The number of aryl methyl sites for hydroxylation is 2. The van der Waals surface area contributed by atoms with Crippen molar-refractivity contribution in [2.75, 3.05) is 21.3 Å². The van der Waals surface area contributed by atoms with Crippen molar-refractivity contribution < 1.29 is 28.5 Å². The predicted molar refractivity (Wildman–Crippen MR) is 127 cm³/mol. The van der Waals surface area contributed by atoms with Crippen LogP contribution in [0.5, 0.6) is 11.5 Å². The molecule has 8 heteroatoms. The van der Waals surface area contributed by atoms with Crippen molar-refractivity contribution in [3.8, 4) is 22.6 Å². The Morgan fingerprint density at radius 2 is 1.42 bits per heavy atom. The molecule has 3 rings (SSSR count). The van der Waals surface area contributed by atoms with Gasteiger partial charge in [-0.05, 0) is 49.2 Å². The van der Waals surface area contributed by atoms with Gasteiger partial charge in [-0.3, -0.25) is 4.98 Å². The molecule has 2 aromatic carbocycles. The Morgan fingerprint density at radius 1 is 0.848 bits per heavy atom. The summed E-state index contributed by atoms with van der Waals surface area (Å²) in [5.41, 5.74) is 3.19. The number of nitrogens with zero attached hydrogens (tertiary/aromatic N) is 1. The highest BCUT2D eigenvalue weighted by Crippen LogP contribution is 2.38. The molecule has 172 valence electrons. The van der Waals surface area contributed by atoms with Crippen molar-refractivity contribution in [1.29, 1.82) is 0 Å². The predicted octanol–water partition coefficient (Wildman–Crippen LogP) is 5.29. The van der Waals surface area contributed by atoms with Gasteiger partial charge in [-0.15, -0.1) is 0 Å². The molecule has 0 spiro atoms. The van der Waals surface area contributed by atoms with E-state index in [0.29, 0.717) is 40.6 Å². The maximum Gasteiger partial charge on any atom is 0.340 e. The highest BCUT2D eigenvalue weighted by atomic mass is 79.9. The molecule has 0 N–H and O–H groups in total. The minimum atomic E-state index is -0.602. The second kappa shape index (κ2) is 10.5. The molecule has 0 atom stereocenters. The molecular formula is C25H24BrNO6. The summed E-state index contributed by atoms with van der Waals surface area (Å²) < 4.78 is 22.4. The molecule has 0 saturated heterocycles. The molecule has 3 aromatic rings. The first-order chi connectivity index (χ1) is 15.8. The summed E-state index contributed by atoms with van der Waals surface area (Å²) in [6, 6.07) is 13.0. The van der Waals surface area contributed by atoms with Crippen LogP contribution in [0.1, 0.15) is 37.7 Å². The Kier molecular flexibility index (Phi) is 7.71. The van der Waals surface area contributed by atoms with E-state index >= 15 is 0 Å². The average molecular weight is 514 g/mol. The SMILES string of the molecule is COC(=O)c1c(C)nc(C)c(C(=O)OC)c1-c1ccc(OCc2ccc(Br)cc2)c(OC)c1. The van der Waals surface area contributed by atoms with Gasteiger partial charge in [-0.2, -0.15) is 0 Å². The first kappa shape index (κ1) is 24.3. The van der Waals surface area contributed by atoms with Gasteiger partial charge in [0.15, 0.2) is 11.5 Å². The molecule has 0 radical (unpaired) electrons. The van der Waals surface area contributed by atoms with Crippen LogP contribution < -0.4 is 9.47 Å². The number of methoxy groups -OCH3 is 3. The minimum Gasteiger partial charge on any atom is -0.493 e. The van der Waals surface area contributed by atoms with E-state index < -0.39 is 11.9 Å². The number of aromatic nitrogens is 1. The maximum absolute atomic E-state index is 12.6. The van der Waals surface area contributed by atoms with E-state index in [9.17, 15) is 9.59 Å². The first-order valence-electron chi connectivity index (χ1n) is 10.0. The molecule has 1 heterocycles. The van der Waals surface area contributed by atoms with Gasteiger partial charge in [0, 0.05) is 10.0 Å². The molecule has 0 aliphatic rings. The van der Waals surface area contributed by atoms with Crippen molar-refractivity contribution in [2.45, 2.75) is 20.5 Å². The second-order valence-corrected chi connectivity index (χ2v) is 8.09. The Balaban J connectivity index is 2.11. The molecule has 0 fully saturated rings. The summed E-state index contributed by atoms with van der Waals surface area (Å²) in [6.07, 6.45) is 0. The van der Waals surface area contributed by atoms with E-state index in [1.54, 1.807) is 32.0 Å². The van der Waals surface area contributed by atoms with Crippen LogP contribution in [0.2, 0.25) is 0 Å². The summed E-state index contributed by atoms with van der Waals surface area (Å²) >= 11 is 3.42. The number of carbonyl (C=O) groups excluding carboxylic acids is 2. The number of rotatable bonds is 7. The van der Waals surface area contributed by atoms with E-state index in [4.69, 9.17) is 18.9 Å². The Bertz CT molecular complexity index is 1150. The third-order valence-electron chi connectivity index (χ3n) is 5.10. The molecule has 0 bridgehead atoms. The van der Waals surface area contributed by atoms with Crippen LogP contribution in [-0.4, -0.2) is 38.3 Å². The van der Waals surface area contributed by atoms with Gasteiger partial charge < -0.3 is 18.9 Å². The number of pyridine rings is 1. The molecule has 0 amide bonds. The number of esters is 2. The van der Waals surface area contributed by atoms with E-state index in [-0.39, 0.29) is 11.1 Å². The second-order valence-electron chi connectivity index (χ2n) is 7.17. The smallest absolute Gasteiger partial charge is 0.340 e. The normalized spacial score (nSPS) is 10.5. The lowest BCUT2D eigenvalue weighted by Crippen LogP contribution is -2.16. The molecule has 1 aromatic heterocycles. The largest absolute Gasteiger partial charge is 0.493 e. The molecule has 33 heavy (non-hydrogen) atoms. The van der Waals surface area contributed by atoms with Crippen LogP contribution in [0.4, 0.5) is 0 Å². The zero-order valence-electron chi connectivity index (χ0n) is 19.0. The molecule has 0 aliphatic heterocycles. The van der Waals surface area contributed by atoms with Gasteiger partial charge in [0.2, 0.25) is 0 Å². The Morgan fingerprint density at radius 3 is 1.94 bits per heavy atom. The Hall–Kier alpha value is -3.39. The molecule has 0 saturated carbocycles. The molecular weight excluding hydrogens is 490 g/mol. The fraction of sp³-hybridized carbons (Fsp3) is 0.240. The lowest BCUT2D eigenvalue weighted by Gasteiger charge is -2.18. The number of benzene rings is 2. The number of ether oxygens (including phenoxy) is 4. The first-order valence-corrected chi connectivity index (χ1v) is 10.8. The number of carbonyl (C=O) groups is 2. The van der Waals surface area contributed by atoms with Gasteiger partial charge in [0.25, 0.3) is 0 Å². The molecule has 7 nitrogen and oxygen atoms in total. The highest BCUT2D eigenvalue weighted by Gasteiger charge is 2.27. The monoisotopic (exact) mass is 513 g/mol. The van der Waals surface area contributed by atoms with E-state index in [1.807, 2.05) is 24.3 Å². The number of hydrogen-bond donors (Lipinski definition) is 0. The Labute approximate surface area is 200 Å². The van der Waals surface area contributed by atoms with Crippen LogP contribution in [0.25, 0.3) is 11.1 Å². The third kappa shape index (κ3) is 5.17. The summed E-state index contributed by atoms with van der Waals surface area (Å²) in [4.78, 5) is 29.6. The van der Waals surface area contributed by atoms with Crippen LogP contribution >= 0.6 is 15.9 Å². The molecule has 0 unspecified atom stereocenters. The summed E-state index contributed by atoms with van der Waals surface area (Å²) in [6.45, 7) is 3.73. The van der Waals surface area contributed by atoms with E-state index in [1.165, 1.54) is 21.3 Å². The van der Waals surface area contributed by atoms with Crippen LogP contribution in [0.15, 0.2) is 46.9 Å². The van der Waals surface area contributed by atoms with Crippen molar-refractivity contribution in [3.05, 3.63) is 75.0 Å². The summed E-state index contributed by atoms with van der Waals surface area (Å²) in [5, 5.41) is 0. The van der Waals surface area contributed by atoms with Crippen molar-refractivity contribution in [2.24, 2.45) is 0 Å². The maximum atomic E-state index is 12.6. The van der Waals surface area contributed by atoms with E-state index in [0.717, 1.165) is 10.0 Å². The zero-order valence-corrected chi connectivity index (χ0v) is 20.6. The topological polar surface area (TPSA) is 84.0 Å². The molecule has 0 aliphatic carbocycles.